The van der Waals surface area contributed by atoms with Gasteiger partial charge in [0.2, 0.25) is 0 Å². The standard InChI is InChI=1S/C37H63NO6/c1-11-35(8,25-19-22-30-20-15-13-16-21-30)43-31(39)23-17-14-18-24-36(9,12-2)44-33(41)38-26-27-42-32(40)37(10,29(3)4)28-34(5,6)7/h13,15-16,20-21,29H,11-12,14,17-19,22-28H2,1-10H3,(H,38,41). The number of ether oxygens (including phenoxy) is 3. The Balaban J connectivity index is 2.36. The zero-order valence-electron chi connectivity index (χ0n) is 29.6. The maximum absolute atomic E-state index is 12.9. The van der Waals surface area contributed by atoms with Crippen LogP contribution in [0.1, 0.15) is 139 Å². The van der Waals surface area contributed by atoms with Crippen LogP contribution in [0.25, 0.3) is 0 Å². The van der Waals surface area contributed by atoms with Crippen molar-refractivity contribution in [2.45, 2.75) is 151 Å². The first-order chi connectivity index (χ1) is 20.5. The number of hydrogen-bond donors (Lipinski definition) is 1. The molecule has 1 aromatic carbocycles. The first-order valence-corrected chi connectivity index (χ1v) is 16.9. The Morgan fingerprint density at radius 2 is 1.39 bits per heavy atom. The van der Waals surface area contributed by atoms with E-state index in [1.54, 1.807) is 0 Å². The van der Waals surface area contributed by atoms with Gasteiger partial charge in [-0.15, -0.1) is 0 Å². The van der Waals surface area contributed by atoms with E-state index in [1.807, 2.05) is 47.6 Å². The zero-order chi connectivity index (χ0) is 33.4. The predicted octanol–water partition coefficient (Wildman–Crippen LogP) is 9.21. The monoisotopic (exact) mass is 617 g/mol. The summed E-state index contributed by atoms with van der Waals surface area (Å²) in [4.78, 5) is 38.0. The largest absolute Gasteiger partial charge is 0.463 e. The van der Waals surface area contributed by atoms with Crippen LogP contribution < -0.4 is 5.32 Å². The number of carbonyl (C=O) groups is 3. The average Bonchev–Trinajstić information content (AvgIpc) is 2.94. The number of unbranched alkanes of at least 4 members (excludes halogenated alkanes) is 2. The molecule has 7 heteroatoms. The molecule has 0 aliphatic rings. The Morgan fingerprint density at radius 3 is 1.95 bits per heavy atom. The number of benzene rings is 1. The molecule has 0 aromatic heterocycles. The van der Waals surface area contributed by atoms with Crippen LogP contribution in [-0.2, 0) is 30.2 Å². The predicted molar refractivity (Wildman–Crippen MR) is 178 cm³/mol. The van der Waals surface area contributed by atoms with Crippen molar-refractivity contribution in [1.82, 2.24) is 5.32 Å². The van der Waals surface area contributed by atoms with Gasteiger partial charge in [-0.1, -0.05) is 85.2 Å². The molecule has 1 N–H and O–H groups in total. The molecular weight excluding hydrogens is 554 g/mol. The summed E-state index contributed by atoms with van der Waals surface area (Å²) in [5, 5.41) is 2.72. The highest BCUT2D eigenvalue weighted by Gasteiger charge is 2.41. The summed E-state index contributed by atoms with van der Waals surface area (Å²) in [6, 6.07) is 10.4. The van der Waals surface area contributed by atoms with Crippen molar-refractivity contribution in [3.05, 3.63) is 35.9 Å². The van der Waals surface area contributed by atoms with Crippen molar-refractivity contribution in [2.75, 3.05) is 13.2 Å². The molecule has 0 bridgehead atoms. The lowest BCUT2D eigenvalue weighted by Gasteiger charge is -2.36. The van der Waals surface area contributed by atoms with Crippen LogP contribution in [0, 0.1) is 16.7 Å². The fourth-order valence-electron chi connectivity index (χ4n) is 5.52. The van der Waals surface area contributed by atoms with E-state index >= 15 is 0 Å². The van der Waals surface area contributed by atoms with Gasteiger partial charge >= 0.3 is 18.0 Å². The minimum atomic E-state index is -0.607. The third-order valence-corrected chi connectivity index (χ3v) is 9.04. The van der Waals surface area contributed by atoms with Crippen LogP contribution >= 0.6 is 0 Å². The number of rotatable bonds is 20. The van der Waals surface area contributed by atoms with E-state index in [9.17, 15) is 14.4 Å². The van der Waals surface area contributed by atoms with E-state index in [-0.39, 0.29) is 36.4 Å². The normalized spacial score (nSPS) is 15.9. The molecule has 0 aliphatic carbocycles. The van der Waals surface area contributed by atoms with Gasteiger partial charge in [-0.05, 0) is 95.5 Å². The van der Waals surface area contributed by atoms with Crippen LogP contribution in [0.2, 0.25) is 0 Å². The first kappa shape index (κ1) is 39.5. The van der Waals surface area contributed by atoms with E-state index in [0.717, 1.165) is 51.4 Å². The van der Waals surface area contributed by atoms with Gasteiger partial charge in [0, 0.05) is 6.42 Å². The summed E-state index contributed by atoms with van der Waals surface area (Å²) in [6.45, 7) is 20.7. The highest BCUT2D eigenvalue weighted by atomic mass is 16.6. The summed E-state index contributed by atoms with van der Waals surface area (Å²) in [6.07, 6.45) is 8.00. The molecule has 7 nitrogen and oxygen atoms in total. The molecule has 0 fully saturated rings. The third-order valence-electron chi connectivity index (χ3n) is 9.04. The smallest absolute Gasteiger partial charge is 0.407 e. The highest BCUT2D eigenvalue weighted by molar-refractivity contribution is 5.77. The molecule has 1 amide bonds. The van der Waals surface area contributed by atoms with Crippen LogP contribution in [-0.4, -0.2) is 42.4 Å². The van der Waals surface area contributed by atoms with E-state index in [2.05, 4.69) is 57.3 Å². The van der Waals surface area contributed by atoms with Crippen molar-refractivity contribution >= 4 is 18.0 Å². The number of aryl methyl sites for hydroxylation is 1. The maximum atomic E-state index is 12.9. The van der Waals surface area contributed by atoms with Gasteiger partial charge < -0.3 is 19.5 Å². The molecule has 3 atom stereocenters. The quantitative estimate of drug-likeness (QED) is 0.0891. The van der Waals surface area contributed by atoms with Gasteiger partial charge in [-0.2, -0.15) is 0 Å². The van der Waals surface area contributed by atoms with Crippen molar-refractivity contribution in [2.24, 2.45) is 16.7 Å². The first-order valence-electron chi connectivity index (χ1n) is 16.9. The molecule has 0 aliphatic heterocycles. The van der Waals surface area contributed by atoms with E-state index in [1.165, 1.54) is 5.56 Å². The maximum Gasteiger partial charge on any atom is 0.407 e. The number of carbonyl (C=O) groups excluding carboxylic acids is 3. The van der Waals surface area contributed by atoms with Gasteiger partial charge in [-0.3, -0.25) is 9.59 Å². The fraction of sp³-hybridized carbons (Fsp3) is 0.757. The fourth-order valence-corrected chi connectivity index (χ4v) is 5.52. The molecule has 0 saturated carbocycles. The van der Waals surface area contributed by atoms with E-state index in [4.69, 9.17) is 14.2 Å². The van der Waals surface area contributed by atoms with Crippen molar-refractivity contribution < 1.29 is 28.6 Å². The molecule has 0 heterocycles. The average molecular weight is 618 g/mol. The Kier molecular flexibility index (Phi) is 16.5. The van der Waals surface area contributed by atoms with Gasteiger partial charge in [0.05, 0.1) is 12.0 Å². The van der Waals surface area contributed by atoms with Crippen molar-refractivity contribution in [3.63, 3.8) is 0 Å². The minimum absolute atomic E-state index is 0.00675. The Labute approximate surface area is 268 Å². The van der Waals surface area contributed by atoms with E-state index in [0.29, 0.717) is 19.3 Å². The summed E-state index contributed by atoms with van der Waals surface area (Å²) in [5.41, 5.74) is -0.336. The second-order valence-electron chi connectivity index (χ2n) is 14.7. The Hall–Kier alpha value is -2.57. The number of hydrogen-bond acceptors (Lipinski definition) is 6. The summed E-state index contributed by atoms with van der Waals surface area (Å²) < 4.78 is 17.2. The van der Waals surface area contributed by atoms with Crippen molar-refractivity contribution in [3.8, 4) is 0 Å². The number of amides is 1. The minimum Gasteiger partial charge on any atom is -0.463 e. The highest BCUT2D eigenvalue weighted by Crippen LogP contribution is 2.40. The number of esters is 2. The number of alkyl carbamates (subject to hydrolysis) is 1. The van der Waals surface area contributed by atoms with Crippen LogP contribution in [0.5, 0.6) is 0 Å². The lowest BCUT2D eigenvalue weighted by molar-refractivity contribution is -0.160. The Morgan fingerprint density at radius 1 is 0.795 bits per heavy atom. The van der Waals surface area contributed by atoms with E-state index < -0.39 is 22.7 Å². The summed E-state index contributed by atoms with van der Waals surface area (Å²) in [5.74, 6) is -0.243. The van der Waals surface area contributed by atoms with Gasteiger partial charge in [0.1, 0.15) is 17.8 Å². The topological polar surface area (TPSA) is 90.9 Å². The SMILES string of the molecule is CCC(C)(CCCc1ccccc1)OC(=O)CCCCCC(C)(CC)OC(=O)NCCOC(=O)C(C)(CC(C)(C)C)C(C)C. The summed E-state index contributed by atoms with van der Waals surface area (Å²) >= 11 is 0. The summed E-state index contributed by atoms with van der Waals surface area (Å²) in [7, 11) is 0. The number of nitrogens with one attached hydrogen (secondary N) is 1. The third kappa shape index (κ3) is 14.9. The molecule has 44 heavy (non-hydrogen) atoms. The van der Waals surface area contributed by atoms with Gasteiger partial charge in [0.15, 0.2) is 0 Å². The van der Waals surface area contributed by atoms with Crippen molar-refractivity contribution in [1.29, 1.82) is 0 Å². The molecule has 1 rings (SSSR count). The van der Waals surface area contributed by atoms with Crippen LogP contribution in [0.15, 0.2) is 30.3 Å². The van der Waals surface area contributed by atoms with Gasteiger partial charge in [0.25, 0.3) is 0 Å². The molecule has 3 unspecified atom stereocenters. The van der Waals surface area contributed by atoms with Crippen LogP contribution in [0.4, 0.5) is 4.79 Å². The lowest BCUT2D eigenvalue weighted by atomic mass is 9.69. The lowest BCUT2D eigenvalue weighted by Crippen LogP contribution is -2.40. The molecular formula is C37H63NO6. The zero-order valence-corrected chi connectivity index (χ0v) is 29.6. The molecule has 1 aromatic rings. The Bertz CT molecular complexity index is 1000. The van der Waals surface area contributed by atoms with Gasteiger partial charge in [-0.25, -0.2) is 4.79 Å². The molecule has 0 spiro atoms. The molecule has 252 valence electrons. The van der Waals surface area contributed by atoms with Crippen LogP contribution in [0.3, 0.4) is 0 Å². The second-order valence-corrected chi connectivity index (χ2v) is 14.7. The molecule has 0 saturated heterocycles. The second kappa shape index (κ2) is 18.4. The molecule has 0 radical (unpaired) electrons.